The van der Waals surface area contributed by atoms with Crippen LogP contribution >= 0.6 is 23.4 Å². The molecule has 0 aromatic heterocycles. The fraction of sp³-hybridized carbons (Fsp3) is 0.333. The van der Waals surface area contributed by atoms with Crippen LogP contribution in [0.1, 0.15) is 12.0 Å². The molecular formula is C18H16ClF2N3OS. The molecule has 0 spiro atoms. The van der Waals surface area contributed by atoms with Crippen molar-refractivity contribution in [2.24, 2.45) is 0 Å². The van der Waals surface area contributed by atoms with E-state index in [-0.39, 0.29) is 11.9 Å². The highest BCUT2D eigenvalue weighted by atomic mass is 35.5. The van der Waals surface area contributed by atoms with Gasteiger partial charge in [0, 0.05) is 17.6 Å². The highest BCUT2D eigenvalue weighted by molar-refractivity contribution is 8.03. The van der Waals surface area contributed by atoms with Gasteiger partial charge in [-0.1, -0.05) is 35.9 Å². The number of halogens is 3. The average molecular weight is 396 g/mol. The molecular weight excluding hydrogens is 380 g/mol. The molecule has 0 aliphatic carbocycles. The number of nitrogens with zero attached hydrogens (tertiary/aromatic N) is 3. The quantitative estimate of drug-likeness (QED) is 0.774. The molecule has 3 rings (SSSR count). The Kier molecular flexibility index (Phi) is 5.54. The summed E-state index contributed by atoms with van der Waals surface area (Å²) >= 11 is 7.37. The van der Waals surface area contributed by atoms with Gasteiger partial charge in [0.1, 0.15) is 6.04 Å². The summed E-state index contributed by atoms with van der Waals surface area (Å²) in [7, 11) is 0. The van der Waals surface area contributed by atoms with Gasteiger partial charge in [0.15, 0.2) is 0 Å². The van der Waals surface area contributed by atoms with Crippen LogP contribution in [0.3, 0.4) is 0 Å². The first-order valence-electron chi connectivity index (χ1n) is 7.96. The van der Waals surface area contributed by atoms with Gasteiger partial charge in [0.05, 0.1) is 24.5 Å². The smallest absolute Gasteiger partial charge is 0.268 e. The molecule has 0 radical (unpaired) electrons. The van der Waals surface area contributed by atoms with Crippen molar-refractivity contribution in [1.29, 1.82) is 5.26 Å². The first-order chi connectivity index (χ1) is 12.4. The maximum Gasteiger partial charge on any atom is 0.268 e. The Morgan fingerprint density at radius 3 is 2.85 bits per heavy atom. The standard InChI is InChI=1S/C18H16ClF2N3OS/c19-14-4-1-13(2-5-14)3-6-17-23(7-8-26-17)11-16(25)24-12-18(20,21)9-15(24)10-22/h1-8,15,17H,9,11-12H2/b6-3+/t15?,17-/m0/s1. The molecule has 2 heterocycles. The minimum Gasteiger partial charge on any atom is -0.352 e. The van der Waals surface area contributed by atoms with Gasteiger partial charge in [-0.05, 0) is 23.1 Å². The minimum absolute atomic E-state index is 0.0482. The fourth-order valence-corrected chi connectivity index (χ4v) is 3.85. The molecule has 1 fully saturated rings. The van der Waals surface area contributed by atoms with Gasteiger partial charge in [0.25, 0.3) is 5.92 Å². The van der Waals surface area contributed by atoms with E-state index in [2.05, 4.69) is 0 Å². The van der Waals surface area contributed by atoms with Gasteiger partial charge in [-0.2, -0.15) is 5.26 Å². The fourth-order valence-electron chi connectivity index (χ4n) is 2.86. The van der Waals surface area contributed by atoms with Gasteiger partial charge in [-0.15, -0.1) is 11.8 Å². The number of rotatable bonds is 4. The number of alkyl halides is 2. The Morgan fingerprint density at radius 1 is 1.42 bits per heavy atom. The van der Waals surface area contributed by atoms with Gasteiger partial charge in [-0.25, -0.2) is 8.78 Å². The third-order valence-corrected chi connectivity index (χ3v) is 5.42. The van der Waals surface area contributed by atoms with Crippen molar-refractivity contribution in [2.75, 3.05) is 13.1 Å². The number of carbonyl (C=O) groups excluding carboxylic acids is 1. The van der Waals surface area contributed by atoms with Crippen LogP contribution in [0.2, 0.25) is 5.02 Å². The van der Waals surface area contributed by atoms with Crippen molar-refractivity contribution >= 4 is 35.3 Å². The number of hydrogen-bond donors (Lipinski definition) is 0. The van der Waals surface area contributed by atoms with Gasteiger partial charge >= 0.3 is 0 Å². The van der Waals surface area contributed by atoms with E-state index in [1.54, 1.807) is 29.3 Å². The van der Waals surface area contributed by atoms with Gasteiger partial charge in [0.2, 0.25) is 5.91 Å². The van der Waals surface area contributed by atoms with Crippen molar-refractivity contribution in [3.05, 3.63) is 52.5 Å². The van der Waals surface area contributed by atoms with E-state index in [4.69, 9.17) is 16.9 Å². The Balaban J connectivity index is 1.63. The Bertz CT molecular complexity index is 776. The lowest BCUT2D eigenvalue weighted by atomic mass is 10.2. The van der Waals surface area contributed by atoms with Gasteiger partial charge in [-0.3, -0.25) is 4.79 Å². The number of benzene rings is 1. The number of likely N-dealkylation sites (tertiary alicyclic amines) is 1. The molecule has 0 N–H and O–H groups in total. The minimum atomic E-state index is -3.00. The third-order valence-electron chi connectivity index (χ3n) is 4.18. The van der Waals surface area contributed by atoms with Gasteiger partial charge < -0.3 is 9.80 Å². The monoisotopic (exact) mass is 395 g/mol. The molecule has 1 unspecified atom stereocenters. The summed E-state index contributed by atoms with van der Waals surface area (Å²) in [5.74, 6) is -3.47. The molecule has 1 aromatic rings. The maximum atomic E-state index is 13.5. The Hall–Kier alpha value is -2.04. The molecule has 2 aliphatic heterocycles. The maximum absolute atomic E-state index is 13.5. The molecule has 2 aliphatic rings. The molecule has 26 heavy (non-hydrogen) atoms. The van der Waals surface area contributed by atoms with E-state index in [1.165, 1.54) is 11.8 Å². The van der Waals surface area contributed by atoms with Crippen molar-refractivity contribution in [2.45, 2.75) is 23.8 Å². The third kappa shape index (κ3) is 4.37. The summed E-state index contributed by atoms with van der Waals surface area (Å²) < 4.78 is 27.0. The predicted molar refractivity (Wildman–Crippen MR) is 98.4 cm³/mol. The van der Waals surface area contributed by atoms with E-state index in [1.807, 2.05) is 29.7 Å². The summed E-state index contributed by atoms with van der Waals surface area (Å²) in [5, 5.41) is 11.4. The first-order valence-corrected chi connectivity index (χ1v) is 9.29. The molecule has 1 aromatic carbocycles. The number of nitriles is 1. The molecule has 8 heteroatoms. The van der Waals surface area contributed by atoms with Crippen LogP contribution < -0.4 is 0 Å². The van der Waals surface area contributed by atoms with Crippen LogP contribution in [0.4, 0.5) is 8.78 Å². The topological polar surface area (TPSA) is 47.3 Å². The number of thioether (sulfide) groups is 1. The lowest BCUT2D eigenvalue weighted by Gasteiger charge is -2.26. The van der Waals surface area contributed by atoms with E-state index in [9.17, 15) is 13.6 Å². The SMILES string of the molecule is N#CC1CC(F)(F)CN1C(=O)CN1C=CS[C@H]1/C=C/c1ccc(Cl)cc1. The molecule has 1 saturated heterocycles. The zero-order valence-electron chi connectivity index (χ0n) is 13.7. The predicted octanol–water partition coefficient (Wildman–Crippen LogP) is 3.96. The number of carbonyl (C=O) groups is 1. The molecule has 0 saturated carbocycles. The highest BCUT2D eigenvalue weighted by Gasteiger charge is 2.47. The van der Waals surface area contributed by atoms with E-state index in [0.717, 1.165) is 10.5 Å². The second kappa shape index (κ2) is 7.68. The summed E-state index contributed by atoms with van der Waals surface area (Å²) in [6.07, 6.45) is 5.01. The van der Waals surface area contributed by atoms with Crippen LogP contribution in [-0.2, 0) is 4.79 Å². The van der Waals surface area contributed by atoms with Crippen LogP contribution in [-0.4, -0.2) is 46.1 Å². The van der Waals surface area contributed by atoms with Crippen LogP contribution in [0, 0.1) is 11.3 Å². The summed E-state index contributed by atoms with van der Waals surface area (Å²) in [4.78, 5) is 15.2. The van der Waals surface area contributed by atoms with E-state index < -0.39 is 30.8 Å². The Morgan fingerprint density at radius 2 is 2.15 bits per heavy atom. The second-order valence-corrected chi connectivity index (χ2v) is 7.59. The number of amides is 1. The summed E-state index contributed by atoms with van der Waals surface area (Å²) in [6.45, 7) is -0.743. The largest absolute Gasteiger partial charge is 0.352 e. The molecule has 0 bridgehead atoms. The van der Waals surface area contributed by atoms with Crippen molar-refractivity contribution in [3.63, 3.8) is 0 Å². The van der Waals surface area contributed by atoms with Crippen LogP contribution in [0.5, 0.6) is 0 Å². The average Bonchev–Trinajstić information content (AvgIpc) is 3.17. The van der Waals surface area contributed by atoms with E-state index >= 15 is 0 Å². The summed E-state index contributed by atoms with van der Waals surface area (Å²) in [6, 6.07) is 8.07. The lowest BCUT2D eigenvalue weighted by Crippen LogP contribution is -2.42. The lowest BCUT2D eigenvalue weighted by molar-refractivity contribution is -0.133. The summed E-state index contributed by atoms with van der Waals surface area (Å²) in [5.41, 5.74) is 0.969. The van der Waals surface area contributed by atoms with Crippen LogP contribution in [0.25, 0.3) is 6.08 Å². The van der Waals surface area contributed by atoms with Crippen LogP contribution in [0.15, 0.2) is 41.9 Å². The first kappa shape index (κ1) is 18.7. The second-order valence-electron chi connectivity index (χ2n) is 6.12. The van der Waals surface area contributed by atoms with Crippen molar-refractivity contribution in [3.8, 4) is 6.07 Å². The zero-order chi connectivity index (χ0) is 18.7. The van der Waals surface area contributed by atoms with Crippen molar-refractivity contribution < 1.29 is 13.6 Å². The zero-order valence-corrected chi connectivity index (χ0v) is 15.3. The van der Waals surface area contributed by atoms with Crippen molar-refractivity contribution in [1.82, 2.24) is 9.80 Å². The normalized spacial score (nSPS) is 24.4. The molecule has 4 nitrogen and oxygen atoms in total. The molecule has 136 valence electrons. The molecule has 2 atom stereocenters. The van der Waals surface area contributed by atoms with E-state index in [0.29, 0.717) is 5.02 Å². The highest BCUT2D eigenvalue weighted by Crippen LogP contribution is 2.33. The number of hydrogen-bond acceptors (Lipinski definition) is 4. The molecule has 1 amide bonds. The Labute approximate surface area is 159 Å².